The summed E-state index contributed by atoms with van der Waals surface area (Å²) >= 11 is 0. The van der Waals surface area contributed by atoms with E-state index >= 15 is 0 Å². The van der Waals surface area contributed by atoms with Gasteiger partial charge < -0.3 is 0 Å². The number of hydrogen-bond acceptors (Lipinski definition) is 2. The van der Waals surface area contributed by atoms with Crippen molar-refractivity contribution >= 4 is 11.9 Å². The van der Waals surface area contributed by atoms with Crippen LogP contribution in [-0.2, 0) is 0 Å². The van der Waals surface area contributed by atoms with Crippen molar-refractivity contribution in [3.63, 3.8) is 0 Å². The van der Waals surface area contributed by atoms with E-state index in [1.807, 2.05) is 0 Å². The third-order valence-corrected chi connectivity index (χ3v) is 2.49. The van der Waals surface area contributed by atoms with Crippen LogP contribution in [0.3, 0.4) is 0 Å². The quantitative estimate of drug-likeness (QED) is 0.470. The predicted molar refractivity (Wildman–Crippen MR) is 49.6 cm³/mol. The van der Waals surface area contributed by atoms with Crippen LogP contribution in [0, 0.1) is 5.41 Å². The van der Waals surface area contributed by atoms with Gasteiger partial charge in [0, 0.05) is 30.2 Å². The lowest BCUT2D eigenvalue weighted by Crippen LogP contribution is -2.48. The van der Waals surface area contributed by atoms with Crippen LogP contribution in [0.15, 0.2) is 10.2 Å². The number of halogens is 2. The van der Waals surface area contributed by atoms with Crippen molar-refractivity contribution in [3.8, 4) is 0 Å². The van der Waals surface area contributed by atoms with Gasteiger partial charge in [-0.2, -0.15) is 10.2 Å². The zero-order valence-electron chi connectivity index (χ0n) is 8.14. The molecule has 0 amide bonds. The molecule has 0 aromatic heterocycles. The molecule has 0 heterocycles. The molecule has 0 aliphatic heterocycles. The molecule has 0 N–H and O–H groups in total. The highest BCUT2D eigenvalue weighted by Gasteiger charge is 2.55. The first-order valence-corrected chi connectivity index (χ1v) is 4.30. The van der Waals surface area contributed by atoms with Gasteiger partial charge in [-0.1, -0.05) is 6.92 Å². The highest BCUT2D eigenvalue weighted by atomic mass is 19.3. The van der Waals surface area contributed by atoms with Crippen molar-refractivity contribution in [1.82, 2.24) is 0 Å². The Hall–Kier alpha value is -0.800. The summed E-state index contributed by atoms with van der Waals surface area (Å²) in [6, 6.07) is 0. The predicted octanol–water partition coefficient (Wildman–Crippen LogP) is 2.89. The van der Waals surface area contributed by atoms with E-state index in [1.54, 1.807) is 27.0 Å². The van der Waals surface area contributed by atoms with Crippen LogP contribution in [0.2, 0.25) is 0 Å². The minimum absolute atomic E-state index is 0.103. The molecule has 0 saturated heterocycles. The first-order chi connectivity index (χ1) is 5.90. The molecule has 74 valence electrons. The Morgan fingerprint density at radius 3 is 2.31 bits per heavy atom. The third-order valence-electron chi connectivity index (χ3n) is 2.49. The van der Waals surface area contributed by atoms with Crippen molar-refractivity contribution in [2.24, 2.45) is 15.6 Å². The SMILES string of the molecule is C/C=N\N=C(/C)C1(C)CC(F)(F)C1. The van der Waals surface area contributed by atoms with Crippen molar-refractivity contribution in [2.45, 2.75) is 39.5 Å². The summed E-state index contributed by atoms with van der Waals surface area (Å²) in [5.74, 6) is -2.50. The Kier molecular flexibility index (Phi) is 2.50. The van der Waals surface area contributed by atoms with Gasteiger partial charge in [0.2, 0.25) is 5.92 Å². The van der Waals surface area contributed by atoms with Crippen LogP contribution >= 0.6 is 0 Å². The normalized spacial score (nSPS) is 26.1. The fourth-order valence-electron chi connectivity index (χ4n) is 1.61. The Morgan fingerprint density at radius 1 is 1.38 bits per heavy atom. The van der Waals surface area contributed by atoms with Gasteiger partial charge in [0.25, 0.3) is 0 Å². The smallest absolute Gasteiger partial charge is 0.207 e. The number of hydrogen-bond donors (Lipinski definition) is 0. The molecule has 1 rings (SSSR count). The fraction of sp³-hybridized carbons (Fsp3) is 0.778. The van der Waals surface area contributed by atoms with Crippen LogP contribution in [0.25, 0.3) is 0 Å². The number of nitrogens with zero attached hydrogens (tertiary/aromatic N) is 2. The summed E-state index contributed by atoms with van der Waals surface area (Å²) in [4.78, 5) is 0. The monoisotopic (exact) mass is 188 g/mol. The molecule has 13 heavy (non-hydrogen) atoms. The summed E-state index contributed by atoms with van der Waals surface area (Å²) in [6.45, 7) is 5.30. The molecule has 1 saturated carbocycles. The topological polar surface area (TPSA) is 24.7 Å². The minimum atomic E-state index is -2.50. The van der Waals surface area contributed by atoms with Gasteiger partial charge in [0.05, 0.1) is 0 Å². The second kappa shape index (κ2) is 3.16. The van der Waals surface area contributed by atoms with E-state index in [0.29, 0.717) is 5.71 Å². The van der Waals surface area contributed by atoms with Gasteiger partial charge >= 0.3 is 0 Å². The van der Waals surface area contributed by atoms with E-state index in [2.05, 4.69) is 10.2 Å². The van der Waals surface area contributed by atoms with Gasteiger partial charge in [0.15, 0.2) is 0 Å². The van der Waals surface area contributed by atoms with Gasteiger partial charge in [-0.05, 0) is 13.8 Å². The van der Waals surface area contributed by atoms with Crippen LogP contribution in [0.4, 0.5) is 8.78 Å². The summed E-state index contributed by atoms with van der Waals surface area (Å²) in [6.07, 6.45) is 1.34. The van der Waals surface area contributed by atoms with Crippen molar-refractivity contribution in [1.29, 1.82) is 0 Å². The van der Waals surface area contributed by atoms with E-state index in [1.165, 1.54) is 0 Å². The fourth-order valence-corrected chi connectivity index (χ4v) is 1.61. The third kappa shape index (κ3) is 2.11. The molecule has 0 aromatic rings. The van der Waals surface area contributed by atoms with Crippen molar-refractivity contribution in [3.05, 3.63) is 0 Å². The maximum Gasteiger partial charge on any atom is 0.249 e. The molecule has 1 aliphatic rings. The lowest BCUT2D eigenvalue weighted by Gasteiger charge is -2.44. The number of alkyl halides is 2. The molecule has 0 spiro atoms. The van der Waals surface area contributed by atoms with Gasteiger partial charge in [-0.15, -0.1) is 0 Å². The Labute approximate surface area is 76.7 Å². The maximum absolute atomic E-state index is 12.6. The van der Waals surface area contributed by atoms with E-state index in [0.717, 1.165) is 0 Å². The molecule has 1 aliphatic carbocycles. The molecule has 4 heteroatoms. The Morgan fingerprint density at radius 2 is 1.92 bits per heavy atom. The van der Waals surface area contributed by atoms with E-state index in [-0.39, 0.29) is 12.8 Å². The largest absolute Gasteiger partial charge is 0.249 e. The molecule has 0 radical (unpaired) electrons. The lowest BCUT2D eigenvalue weighted by atomic mass is 9.65. The minimum Gasteiger partial charge on any atom is -0.207 e. The Balaban J connectivity index is 2.64. The molecule has 1 fully saturated rings. The first-order valence-electron chi connectivity index (χ1n) is 4.30. The van der Waals surface area contributed by atoms with E-state index < -0.39 is 11.3 Å². The van der Waals surface area contributed by atoms with Crippen molar-refractivity contribution < 1.29 is 8.78 Å². The van der Waals surface area contributed by atoms with E-state index in [9.17, 15) is 8.78 Å². The van der Waals surface area contributed by atoms with Crippen LogP contribution in [-0.4, -0.2) is 17.8 Å². The molecule has 0 bridgehead atoms. The van der Waals surface area contributed by atoms with Gasteiger partial charge in [0.1, 0.15) is 0 Å². The Bertz CT molecular complexity index is 248. The number of rotatable bonds is 2. The summed E-state index contributed by atoms with van der Waals surface area (Å²) in [5, 5.41) is 7.54. The first kappa shape index (κ1) is 10.3. The summed E-state index contributed by atoms with van der Waals surface area (Å²) < 4.78 is 25.2. The summed E-state index contributed by atoms with van der Waals surface area (Å²) in [5.41, 5.74) is 0.243. The van der Waals surface area contributed by atoms with Gasteiger partial charge in [-0.25, -0.2) is 8.78 Å². The summed E-state index contributed by atoms with van der Waals surface area (Å²) in [7, 11) is 0. The van der Waals surface area contributed by atoms with Crippen LogP contribution < -0.4 is 0 Å². The second-order valence-electron chi connectivity index (χ2n) is 3.83. The standard InChI is InChI=1S/C9H14F2N2/c1-4-12-13-7(2)8(3)5-9(10,11)6-8/h4H,5-6H2,1-3H3/b12-4-,13-7+. The average molecular weight is 188 g/mol. The molecule has 2 nitrogen and oxygen atoms in total. The van der Waals surface area contributed by atoms with Gasteiger partial charge in [-0.3, -0.25) is 0 Å². The molecule has 0 aromatic carbocycles. The molecule has 0 unspecified atom stereocenters. The molecular weight excluding hydrogens is 174 g/mol. The zero-order chi connectivity index (χ0) is 10.1. The van der Waals surface area contributed by atoms with E-state index in [4.69, 9.17) is 0 Å². The highest BCUT2D eigenvalue weighted by Crippen LogP contribution is 2.52. The lowest BCUT2D eigenvalue weighted by molar-refractivity contribution is -0.126. The average Bonchev–Trinajstić information content (AvgIpc) is 1.96. The highest BCUT2D eigenvalue weighted by molar-refractivity contribution is 5.89. The molecular formula is C9H14F2N2. The van der Waals surface area contributed by atoms with Crippen molar-refractivity contribution in [2.75, 3.05) is 0 Å². The maximum atomic E-state index is 12.6. The zero-order valence-corrected chi connectivity index (χ0v) is 8.14. The molecule has 0 atom stereocenters. The second-order valence-corrected chi connectivity index (χ2v) is 3.83. The van der Waals surface area contributed by atoms with Crippen LogP contribution in [0.5, 0.6) is 0 Å². The van der Waals surface area contributed by atoms with Crippen LogP contribution in [0.1, 0.15) is 33.6 Å².